The lowest BCUT2D eigenvalue weighted by Gasteiger charge is -2.13. The minimum atomic E-state index is 0. The van der Waals surface area contributed by atoms with Gasteiger partial charge in [0.15, 0.2) is 0 Å². The van der Waals surface area contributed by atoms with E-state index in [1.165, 1.54) is 19.6 Å². The fourth-order valence-electron chi connectivity index (χ4n) is 0.671. The highest BCUT2D eigenvalue weighted by Gasteiger charge is 1.89. The first kappa shape index (κ1) is 16.0. The Bertz CT molecular complexity index is 32.5. The van der Waals surface area contributed by atoms with Gasteiger partial charge < -0.3 is 4.90 Å². The normalized spacial score (nSPS) is 8.00. The molecule has 0 unspecified atom stereocenters. The summed E-state index contributed by atoms with van der Waals surface area (Å²) in [7, 11) is 0. The molecule has 0 radical (unpaired) electrons. The van der Waals surface area contributed by atoms with Gasteiger partial charge in [-0.2, -0.15) is 0 Å². The molecule has 0 saturated carbocycles. The third kappa shape index (κ3) is 8.09. The van der Waals surface area contributed by atoms with E-state index >= 15 is 0 Å². The summed E-state index contributed by atoms with van der Waals surface area (Å²) < 4.78 is 0. The molecule has 0 rings (SSSR count). The van der Waals surface area contributed by atoms with E-state index in [2.05, 4.69) is 25.7 Å². The smallest absolute Gasteiger partial charge is 0.0814 e. The predicted octanol–water partition coefficient (Wildman–Crippen LogP) is -1.02. The van der Waals surface area contributed by atoms with Crippen molar-refractivity contribution in [1.82, 2.24) is 4.90 Å². The van der Waals surface area contributed by atoms with E-state index < -0.39 is 0 Å². The Kier molecular flexibility index (Phi) is 19.5. The van der Waals surface area contributed by atoms with Gasteiger partial charge >= 0.3 is 0 Å². The third-order valence-electron chi connectivity index (χ3n) is 1.34. The van der Waals surface area contributed by atoms with Gasteiger partial charge in [-0.1, -0.05) is 20.8 Å². The fourth-order valence-corrected chi connectivity index (χ4v) is 0.671. The monoisotopic (exact) mass is 129 g/mol. The molecule has 0 bridgehead atoms. The first-order valence-corrected chi connectivity index (χ1v) is 3.07. The Balaban J connectivity index is -0.000000180. The van der Waals surface area contributed by atoms with Gasteiger partial charge in [0, 0.05) is 0 Å². The lowest BCUT2D eigenvalue weighted by Crippen LogP contribution is -2.21. The van der Waals surface area contributed by atoms with E-state index in [0.29, 0.717) is 0 Å². The van der Waals surface area contributed by atoms with Crippen molar-refractivity contribution in [1.29, 1.82) is 0 Å². The Morgan fingerprint density at radius 1 is 0.778 bits per heavy atom. The van der Waals surface area contributed by atoms with Crippen LogP contribution in [-0.4, -0.2) is 41.4 Å². The van der Waals surface area contributed by atoms with Gasteiger partial charge in [-0.15, -0.1) is 0 Å². The third-order valence-corrected chi connectivity index (χ3v) is 1.34. The molecule has 0 atom stereocenters. The largest absolute Gasteiger partial charge is 0.304 e. The number of hydrogen-bond acceptors (Lipinski definition) is 1. The first-order valence-electron chi connectivity index (χ1n) is 3.07. The van der Waals surface area contributed by atoms with E-state index in [4.69, 9.17) is 0 Å². The molecule has 0 spiro atoms. The Morgan fingerprint density at radius 3 is 1.00 bits per heavy atom. The van der Waals surface area contributed by atoms with Gasteiger partial charge in [-0.05, 0) is 19.6 Å². The van der Waals surface area contributed by atoms with E-state index in [1.54, 1.807) is 0 Å². The summed E-state index contributed by atoms with van der Waals surface area (Å²) in [4.78, 5) is 2.38. The van der Waals surface area contributed by atoms with Crippen molar-refractivity contribution < 1.29 is 0 Å². The van der Waals surface area contributed by atoms with Gasteiger partial charge in [0.1, 0.15) is 0 Å². The molecule has 0 aromatic heterocycles. The SMILES string of the molecule is B.B.CCN(CC)CC. The van der Waals surface area contributed by atoms with Crippen LogP contribution in [0.15, 0.2) is 0 Å². The highest BCUT2D eigenvalue weighted by atomic mass is 15.1. The molecule has 3 heteroatoms. The summed E-state index contributed by atoms with van der Waals surface area (Å²) in [6.45, 7) is 10.1. The molecule has 9 heavy (non-hydrogen) atoms. The van der Waals surface area contributed by atoms with Crippen molar-refractivity contribution in [3.8, 4) is 0 Å². The van der Waals surface area contributed by atoms with E-state index in [0.717, 1.165) is 0 Å². The molecule has 0 saturated heterocycles. The molecule has 0 fully saturated rings. The first-order chi connectivity index (χ1) is 3.35. The van der Waals surface area contributed by atoms with Crippen molar-refractivity contribution in [2.24, 2.45) is 0 Å². The molecule has 0 heterocycles. The molecule has 0 aromatic carbocycles. The van der Waals surface area contributed by atoms with Gasteiger partial charge in [-0.3, -0.25) is 0 Å². The van der Waals surface area contributed by atoms with Crippen LogP contribution < -0.4 is 0 Å². The standard InChI is InChI=1S/C6H15N.2BH3/c1-4-7(5-2)6-3;;/h4-6H2,1-3H3;2*1H3. The van der Waals surface area contributed by atoms with Crippen molar-refractivity contribution >= 4 is 16.8 Å². The Morgan fingerprint density at radius 2 is 1.00 bits per heavy atom. The van der Waals surface area contributed by atoms with Crippen LogP contribution in [0.4, 0.5) is 0 Å². The summed E-state index contributed by atoms with van der Waals surface area (Å²) in [5.41, 5.74) is 0. The minimum absolute atomic E-state index is 0. The molecule has 0 aliphatic carbocycles. The minimum Gasteiger partial charge on any atom is -0.304 e. The van der Waals surface area contributed by atoms with Crippen LogP contribution in [0.5, 0.6) is 0 Å². The van der Waals surface area contributed by atoms with Crippen LogP contribution in [0.3, 0.4) is 0 Å². The number of rotatable bonds is 3. The summed E-state index contributed by atoms with van der Waals surface area (Å²) >= 11 is 0. The topological polar surface area (TPSA) is 3.24 Å². The molecule has 0 amide bonds. The Hall–Kier alpha value is 0.0899. The van der Waals surface area contributed by atoms with Gasteiger partial charge in [0.05, 0.1) is 16.8 Å². The van der Waals surface area contributed by atoms with Crippen LogP contribution >= 0.6 is 0 Å². The summed E-state index contributed by atoms with van der Waals surface area (Å²) in [6.07, 6.45) is 0. The van der Waals surface area contributed by atoms with E-state index in [-0.39, 0.29) is 16.8 Å². The molecular formula is C6H21B2N. The van der Waals surface area contributed by atoms with Crippen molar-refractivity contribution in [2.75, 3.05) is 19.6 Å². The lowest BCUT2D eigenvalue weighted by atomic mass is 10.5. The number of nitrogens with zero attached hydrogens (tertiary/aromatic N) is 1. The lowest BCUT2D eigenvalue weighted by molar-refractivity contribution is 0.321. The summed E-state index contributed by atoms with van der Waals surface area (Å²) in [6, 6.07) is 0. The van der Waals surface area contributed by atoms with Crippen LogP contribution in [-0.2, 0) is 0 Å². The second-order valence-corrected chi connectivity index (χ2v) is 1.62. The highest BCUT2D eigenvalue weighted by molar-refractivity contribution is 5.76. The highest BCUT2D eigenvalue weighted by Crippen LogP contribution is 1.81. The van der Waals surface area contributed by atoms with Crippen molar-refractivity contribution in [3.05, 3.63) is 0 Å². The van der Waals surface area contributed by atoms with Crippen LogP contribution in [0.25, 0.3) is 0 Å². The molecule has 0 aliphatic rings. The van der Waals surface area contributed by atoms with Crippen molar-refractivity contribution in [2.45, 2.75) is 20.8 Å². The van der Waals surface area contributed by atoms with Crippen LogP contribution in [0.2, 0.25) is 0 Å². The van der Waals surface area contributed by atoms with Gasteiger partial charge in [-0.25, -0.2) is 0 Å². The second kappa shape index (κ2) is 11.0. The maximum atomic E-state index is 2.38. The van der Waals surface area contributed by atoms with Gasteiger partial charge in [0.25, 0.3) is 0 Å². The molecule has 0 N–H and O–H groups in total. The Labute approximate surface area is 63.0 Å². The predicted molar refractivity (Wildman–Crippen MR) is 53.3 cm³/mol. The number of hydrogen-bond donors (Lipinski definition) is 0. The average Bonchev–Trinajstić information content (AvgIpc) is 1.72. The molecule has 56 valence electrons. The molecule has 0 aromatic rings. The molecular weight excluding hydrogens is 108 g/mol. The maximum Gasteiger partial charge on any atom is 0.0814 e. The summed E-state index contributed by atoms with van der Waals surface area (Å²) in [5.74, 6) is 0. The fraction of sp³-hybridized carbons (Fsp3) is 1.00. The maximum absolute atomic E-state index is 2.38. The zero-order valence-electron chi connectivity index (χ0n) is 5.57. The zero-order valence-corrected chi connectivity index (χ0v) is 5.57. The van der Waals surface area contributed by atoms with Crippen molar-refractivity contribution in [3.63, 3.8) is 0 Å². The van der Waals surface area contributed by atoms with Crippen LogP contribution in [0.1, 0.15) is 20.8 Å². The average molecular weight is 129 g/mol. The quantitative estimate of drug-likeness (QED) is 0.441. The molecule has 1 nitrogen and oxygen atoms in total. The van der Waals surface area contributed by atoms with E-state index in [1.807, 2.05) is 0 Å². The second-order valence-electron chi connectivity index (χ2n) is 1.62. The van der Waals surface area contributed by atoms with E-state index in [9.17, 15) is 0 Å². The zero-order chi connectivity index (χ0) is 5.70. The van der Waals surface area contributed by atoms with Crippen LogP contribution in [0, 0.1) is 0 Å². The summed E-state index contributed by atoms with van der Waals surface area (Å²) in [5, 5.41) is 0. The van der Waals surface area contributed by atoms with Gasteiger partial charge in [0.2, 0.25) is 0 Å². The molecule has 0 aliphatic heterocycles.